The van der Waals surface area contributed by atoms with Gasteiger partial charge in [0.15, 0.2) is 0 Å². The Hall–Kier alpha value is -2.11. The van der Waals surface area contributed by atoms with Gasteiger partial charge in [-0.1, -0.05) is 44.2 Å². The maximum atomic E-state index is 12.7. The second kappa shape index (κ2) is 7.49. The number of aromatic hydroxyl groups is 1. The number of carbonyl (C=O) groups excluding carboxylic acids is 1. The van der Waals surface area contributed by atoms with E-state index >= 15 is 0 Å². The smallest absolute Gasteiger partial charge is 0.222 e. The van der Waals surface area contributed by atoms with Gasteiger partial charge in [0.2, 0.25) is 5.91 Å². The van der Waals surface area contributed by atoms with Crippen LogP contribution in [0.25, 0.3) is 10.8 Å². The van der Waals surface area contributed by atoms with Crippen LogP contribution in [0.15, 0.2) is 36.4 Å². The third-order valence-electron chi connectivity index (χ3n) is 8.58. The fourth-order valence-electron chi connectivity index (χ4n) is 7.08. The van der Waals surface area contributed by atoms with Crippen LogP contribution in [0.1, 0.15) is 51.2 Å². The Morgan fingerprint density at radius 1 is 1.26 bits per heavy atom. The normalized spacial score (nSPS) is 33.4. The summed E-state index contributed by atoms with van der Waals surface area (Å²) in [7, 11) is 1.63. The fourth-order valence-corrected chi connectivity index (χ4v) is 7.08. The molecule has 5 atom stereocenters. The minimum Gasteiger partial charge on any atom is -0.508 e. The van der Waals surface area contributed by atoms with Crippen molar-refractivity contribution in [3.63, 3.8) is 0 Å². The molecule has 2 saturated carbocycles. The number of hydrogen-bond donors (Lipinski definition) is 2. The van der Waals surface area contributed by atoms with Crippen LogP contribution in [0.5, 0.6) is 5.75 Å². The summed E-state index contributed by atoms with van der Waals surface area (Å²) in [5, 5.41) is 16.5. The van der Waals surface area contributed by atoms with Gasteiger partial charge in [-0.05, 0) is 58.8 Å². The molecule has 2 aromatic rings. The third-order valence-corrected chi connectivity index (χ3v) is 8.58. The van der Waals surface area contributed by atoms with Crippen LogP contribution in [0.4, 0.5) is 0 Å². The molecule has 2 aromatic carbocycles. The van der Waals surface area contributed by atoms with Crippen LogP contribution in [0.3, 0.4) is 0 Å². The molecule has 166 valence electrons. The molecule has 3 fully saturated rings. The zero-order valence-corrected chi connectivity index (χ0v) is 18.7. The van der Waals surface area contributed by atoms with Crippen LogP contribution in [-0.2, 0) is 14.3 Å². The molecule has 1 saturated heterocycles. The summed E-state index contributed by atoms with van der Waals surface area (Å²) in [5.41, 5.74) is 0.961. The van der Waals surface area contributed by atoms with Crippen molar-refractivity contribution in [3.8, 4) is 5.75 Å². The minimum absolute atomic E-state index is 0.00317. The molecule has 1 aliphatic heterocycles. The largest absolute Gasteiger partial charge is 0.508 e. The van der Waals surface area contributed by atoms with E-state index in [1.54, 1.807) is 13.2 Å². The number of phenols is 1. The van der Waals surface area contributed by atoms with Gasteiger partial charge in [-0.2, -0.15) is 0 Å². The van der Waals surface area contributed by atoms with Gasteiger partial charge in [0.25, 0.3) is 0 Å². The van der Waals surface area contributed by atoms with Gasteiger partial charge < -0.3 is 19.9 Å². The highest BCUT2D eigenvalue weighted by molar-refractivity contribution is 5.88. The molecule has 0 radical (unpaired) electrons. The first-order valence-corrected chi connectivity index (χ1v) is 11.5. The SMILES string of the molecule is COCCC(=O)N[C@@H]1C(C)(C)[C@@H]2C[C@@H]3[C@@H](c4c(O)ccc5ccccc45)OCCC31C2. The van der Waals surface area contributed by atoms with Crippen LogP contribution < -0.4 is 5.32 Å². The molecule has 0 aromatic heterocycles. The minimum atomic E-state index is -0.153. The van der Waals surface area contributed by atoms with E-state index in [0.717, 1.165) is 35.6 Å². The van der Waals surface area contributed by atoms with E-state index in [-0.39, 0.29) is 34.8 Å². The molecule has 1 heterocycles. The number of benzene rings is 2. The predicted molar refractivity (Wildman–Crippen MR) is 120 cm³/mol. The first kappa shape index (κ1) is 20.8. The maximum absolute atomic E-state index is 12.7. The third kappa shape index (κ3) is 3.08. The van der Waals surface area contributed by atoms with Crippen molar-refractivity contribution in [3.05, 3.63) is 42.0 Å². The van der Waals surface area contributed by atoms with E-state index in [0.29, 0.717) is 31.3 Å². The summed E-state index contributed by atoms with van der Waals surface area (Å²) < 4.78 is 11.5. The fraction of sp³-hybridized carbons (Fsp3) is 0.577. The van der Waals surface area contributed by atoms with Crippen LogP contribution in [0, 0.1) is 22.7 Å². The first-order valence-electron chi connectivity index (χ1n) is 11.5. The molecule has 1 spiro atoms. The average Bonchev–Trinajstić information content (AvgIpc) is 3.25. The quantitative estimate of drug-likeness (QED) is 0.739. The molecule has 1 amide bonds. The summed E-state index contributed by atoms with van der Waals surface area (Å²) in [6.07, 6.45) is 3.38. The Kier molecular flexibility index (Phi) is 5.02. The highest BCUT2D eigenvalue weighted by Crippen LogP contribution is 2.71. The number of amides is 1. The monoisotopic (exact) mass is 423 g/mol. The number of ether oxygens (including phenoxy) is 2. The number of hydrogen-bond acceptors (Lipinski definition) is 4. The molecule has 2 N–H and O–H groups in total. The summed E-state index contributed by atoms with van der Waals surface area (Å²) in [5.74, 6) is 1.19. The van der Waals surface area contributed by atoms with Gasteiger partial charge in [-0.3, -0.25) is 4.79 Å². The molecule has 31 heavy (non-hydrogen) atoms. The van der Waals surface area contributed by atoms with E-state index in [2.05, 4.69) is 31.3 Å². The van der Waals surface area contributed by atoms with Crippen LogP contribution in [0.2, 0.25) is 0 Å². The lowest BCUT2D eigenvalue weighted by molar-refractivity contribution is -0.137. The number of nitrogens with one attached hydrogen (secondary N) is 1. The van der Waals surface area contributed by atoms with Gasteiger partial charge in [0, 0.05) is 31.7 Å². The molecule has 2 aliphatic carbocycles. The topological polar surface area (TPSA) is 67.8 Å². The molecular weight excluding hydrogens is 390 g/mol. The Labute approximate surface area is 184 Å². The first-order chi connectivity index (χ1) is 14.9. The zero-order chi connectivity index (χ0) is 21.8. The van der Waals surface area contributed by atoms with Gasteiger partial charge in [0.1, 0.15) is 5.75 Å². The Morgan fingerprint density at radius 2 is 2.06 bits per heavy atom. The second-order valence-corrected chi connectivity index (χ2v) is 10.3. The van der Waals surface area contributed by atoms with Crippen LogP contribution >= 0.6 is 0 Å². The molecule has 5 heteroatoms. The summed E-state index contributed by atoms with van der Waals surface area (Å²) in [6.45, 7) is 5.71. The van der Waals surface area contributed by atoms with Crippen molar-refractivity contribution in [2.75, 3.05) is 20.3 Å². The van der Waals surface area contributed by atoms with Crippen molar-refractivity contribution >= 4 is 16.7 Å². The Bertz CT molecular complexity index is 1000. The molecule has 2 bridgehead atoms. The van der Waals surface area contributed by atoms with Crippen molar-refractivity contribution < 1.29 is 19.4 Å². The van der Waals surface area contributed by atoms with Crippen molar-refractivity contribution in [2.24, 2.45) is 22.7 Å². The van der Waals surface area contributed by atoms with Crippen molar-refractivity contribution in [1.29, 1.82) is 0 Å². The molecule has 5 rings (SSSR count). The maximum Gasteiger partial charge on any atom is 0.222 e. The van der Waals surface area contributed by atoms with Crippen molar-refractivity contribution in [1.82, 2.24) is 5.32 Å². The van der Waals surface area contributed by atoms with E-state index in [9.17, 15) is 9.90 Å². The lowest BCUT2D eigenvalue weighted by Gasteiger charge is -2.53. The summed E-state index contributed by atoms with van der Waals surface area (Å²) in [4.78, 5) is 12.7. The lowest BCUT2D eigenvalue weighted by atomic mass is 9.58. The standard InChI is InChI=1S/C26H33NO4/c1-25(2)17-14-19-23(22-18-7-5-4-6-16(18)8-9-20(22)28)31-13-11-26(19,15-17)24(25)27-21(29)10-12-30-3/h4-9,17,19,23-24,28H,10-15H2,1-3H3,(H,27,29)/t17-,19-,23+,24-,26?/m1/s1. The van der Waals surface area contributed by atoms with E-state index in [1.807, 2.05) is 18.2 Å². The van der Waals surface area contributed by atoms with Gasteiger partial charge in [-0.25, -0.2) is 0 Å². The zero-order valence-electron chi connectivity index (χ0n) is 18.7. The highest BCUT2D eigenvalue weighted by atomic mass is 16.5. The summed E-state index contributed by atoms with van der Waals surface area (Å²) in [6, 6.07) is 12.1. The van der Waals surface area contributed by atoms with E-state index in [4.69, 9.17) is 9.47 Å². The number of rotatable bonds is 5. The predicted octanol–water partition coefficient (Wildman–Crippen LogP) is 4.58. The van der Waals surface area contributed by atoms with Gasteiger partial charge >= 0.3 is 0 Å². The Balaban J connectivity index is 1.53. The second-order valence-electron chi connectivity index (χ2n) is 10.3. The van der Waals surface area contributed by atoms with Gasteiger partial charge in [-0.15, -0.1) is 0 Å². The molecule has 1 unspecified atom stereocenters. The van der Waals surface area contributed by atoms with E-state index < -0.39 is 0 Å². The molecule has 5 nitrogen and oxygen atoms in total. The average molecular weight is 424 g/mol. The molecular formula is C26H33NO4. The van der Waals surface area contributed by atoms with E-state index in [1.165, 1.54) is 0 Å². The number of methoxy groups -OCH3 is 1. The van der Waals surface area contributed by atoms with Crippen molar-refractivity contribution in [2.45, 2.75) is 51.7 Å². The molecule has 3 aliphatic rings. The Morgan fingerprint density at radius 3 is 2.87 bits per heavy atom. The number of carbonyl (C=O) groups is 1. The summed E-state index contributed by atoms with van der Waals surface area (Å²) >= 11 is 0. The van der Waals surface area contributed by atoms with Gasteiger partial charge in [0.05, 0.1) is 12.7 Å². The number of phenolic OH excluding ortho intramolecular Hbond substituents is 1. The lowest BCUT2D eigenvalue weighted by Crippen LogP contribution is -2.59. The number of fused-ring (bicyclic) bond motifs is 2. The van der Waals surface area contributed by atoms with Crippen LogP contribution in [-0.4, -0.2) is 37.4 Å². The highest BCUT2D eigenvalue weighted by Gasteiger charge is 2.68.